The standard InChI is InChI=1S/C32H30N4O6S3/c1-20-12-14-22(15-13-20)45(39,40)42-18-6-11-27-28(30(38)41-2)34-32(44-27)36-17-16-21-7-5-8-23(24(21)19-36)29(37)35-31-33-25-9-3-4-10-26(25)43-31/h3-5,7-10,12-15H,6,11,16-19H2,1-2H3,(H,33,35,37). The van der Waals surface area contributed by atoms with Crippen molar-refractivity contribution in [1.29, 1.82) is 0 Å². The zero-order valence-electron chi connectivity index (χ0n) is 24.6. The van der Waals surface area contributed by atoms with Crippen LogP contribution in [0, 0.1) is 6.92 Å². The minimum atomic E-state index is -3.89. The van der Waals surface area contributed by atoms with Gasteiger partial charge < -0.3 is 9.64 Å². The Morgan fingerprint density at radius 1 is 1.00 bits per heavy atom. The summed E-state index contributed by atoms with van der Waals surface area (Å²) in [5.41, 5.74) is 4.53. The highest BCUT2D eigenvalue weighted by molar-refractivity contribution is 7.86. The van der Waals surface area contributed by atoms with Gasteiger partial charge in [-0.3, -0.25) is 14.3 Å². The van der Waals surface area contributed by atoms with E-state index in [1.165, 1.54) is 41.9 Å². The Kier molecular flexibility index (Phi) is 8.95. The lowest BCUT2D eigenvalue weighted by Crippen LogP contribution is -2.32. The number of carbonyl (C=O) groups excluding carboxylic acids is 2. The first-order valence-corrected chi connectivity index (χ1v) is 17.3. The Morgan fingerprint density at radius 3 is 2.58 bits per heavy atom. The molecule has 0 spiro atoms. The van der Waals surface area contributed by atoms with Crippen LogP contribution in [0.2, 0.25) is 0 Å². The van der Waals surface area contributed by atoms with Crippen LogP contribution in [0.3, 0.4) is 0 Å². The van der Waals surface area contributed by atoms with Gasteiger partial charge >= 0.3 is 5.97 Å². The molecule has 5 aromatic rings. The summed E-state index contributed by atoms with van der Waals surface area (Å²) >= 11 is 2.78. The number of carbonyl (C=O) groups is 2. The highest BCUT2D eigenvalue weighted by Gasteiger charge is 2.27. The third-order valence-electron chi connectivity index (χ3n) is 7.46. The molecule has 13 heteroatoms. The molecule has 232 valence electrons. The molecule has 1 aliphatic rings. The smallest absolute Gasteiger partial charge is 0.357 e. The molecule has 1 aliphatic heterocycles. The van der Waals surface area contributed by atoms with Crippen molar-refractivity contribution in [3.63, 3.8) is 0 Å². The Morgan fingerprint density at radius 2 is 1.80 bits per heavy atom. The number of ether oxygens (including phenoxy) is 1. The van der Waals surface area contributed by atoms with Gasteiger partial charge in [-0.05, 0) is 67.6 Å². The highest BCUT2D eigenvalue weighted by atomic mass is 32.2. The van der Waals surface area contributed by atoms with E-state index >= 15 is 0 Å². The van der Waals surface area contributed by atoms with Gasteiger partial charge in [0.15, 0.2) is 16.0 Å². The van der Waals surface area contributed by atoms with Gasteiger partial charge in [0, 0.05) is 23.5 Å². The lowest BCUT2D eigenvalue weighted by Gasteiger charge is -2.29. The van der Waals surface area contributed by atoms with Crippen LogP contribution in [0.15, 0.2) is 71.6 Å². The first kappa shape index (κ1) is 30.8. The van der Waals surface area contributed by atoms with Gasteiger partial charge in [-0.15, -0.1) is 11.3 Å². The van der Waals surface area contributed by atoms with Gasteiger partial charge in [0.05, 0.1) is 28.8 Å². The molecule has 45 heavy (non-hydrogen) atoms. The number of rotatable bonds is 10. The van der Waals surface area contributed by atoms with E-state index in [1.54, 1.807) is 12.1 Å². The second kappa shape index (κ2) is 13.1. The van der Waals surface area contributed by atoms with E-state index in [0.717, 1.165) is 26.9 Å². The highest BCUT2D eigenvalue weighted by Crippen LogP contribution is 2.33. The number of fused-ring (bicyclic) bond motifs is 2. The second-order valence-corrected chi connectivity index (χ2v) is 14.2. The lowest BCUT2D eigenvalue weighted by molar-refractivity contribution is 0.0593. The van der Waals surface area contributed by atoms with Gasteiger partial charge in [0.25, 0.3) is 16.0 Å². The summed E-state index contributed by atoms with van der Waals surface area (Å²) in [6.45, 7) is 2.92. The van der Waals surface area contributed by atoms with E-state index in [0.29, 0.717) is 53.1 Å². The minimum absolute atomic E-state index is 0.0473. The van der Waals surface area contributed by atoms with Crippen molar-refractivity contribution in [1.82, 2.24) is 9.97 Å². The minimum Gasteiger partial charge on any atom is -0.464 e. The van der Waals surface area contributed by atoms with Crippen LogP contribution in [0.4, 0.5) is 10.3 Å². The van der Waals surface area contributed by atoms with Gasteiger partial charge in [0.2, 0.25) is 0 Å². The zero-order chi connectivity index (χ0) is 31.6. The number of amides is 1. The predicted molar refractivity (Wildman–Crippen MR) is 175 cm³/mol. The number of para-hydroxylation sites is 1. The number of nitrogens with one attached hydrogen (secondary N) is 1. The van der Waals surface area contributed by atoms with Crippen molar-refractivity contribution >= 4 is 65.1 Å². The van der Waals surface area contributed by atoms with Gasteiger partial charge in [-0.25, -0.2) is 14.8 Å². The summed E-state index contributed by atoms with van der Waals surface area (Å²) in [7, 11) is -2.59. The average Bonchev–Trinajstić information content (AvgIpc) is 3.66. The van der Waals surface area contributed by atoms with E-state index in [2.05, 4.69) is 20.2 Å². The quantitative estimate of drug-likeness (QED) is 0.109. The molecule has 0 fully saturated rings. The molecule has 0 saturated carbocycles. The molecular weight excluding hydrogens is 633 g/mol. The second-order valence-electron chi connectivity index (χ2n) is 10.5. The molecule has 1 amide bonds. The number of aryl methyl sites for hydroxylation is 2. The SMILES string of the molecule is COC(=O)c1nc(N2CCc3cccc(C(=O)Nc4nc5ccccc5s4)c3C2)sc1CCCOS(=O)(=O)c1ccc(C)cc1. The Bertz CT molecular complexity index is 1950. The van der Waals surface area contributed by atoms with Crippen molar-refractivity contribution < 1.29 is 26.9 Å². The summed E-state index contributed by atoms with van der Waals surface area (Å²) in [4.78, 5) is 38.1. The lowest BCUT2D eigenvalue weighted by atomic mass is 9.94. The normalized spacial score (nSPS) is 13.1. The fourth-order valence-electron chi connectivity index (χ4n) is 5.12. The van der Waals surface area contributed by atoms with Crippen molar-refractivity contribution in [2.75, 3.05) is 30.5 Å². The maximum Gasteiger partial charge on any atom is 0.357 e. The van der Waals surface area contributed by atoms with E-state index in [4.69, 9.17) is 8.92 Å². The zero-order valence-corrected chi connectivity index (χ0v) is 27.1. The van der Waals surface area contributed by atoms with E-state index in [-0.39, 0.29) is 23.1 Å². The van der Waals surface area contributed by atoms with E-state index in [9.17, 15) is 18.0 Å². The average molecular weight is 663 g/mol. The summed E-state index contributed by atoms with van der Waals surface area (Å²) < 4.78 is 36.4. The number of hydrogen-bond acceptors (Lipinski definition) is 11. The third kappa shape index (κ3) is 6.76. The molecule has 0 saturated heterocycles. The summed E-state index contributed by atoms with van der Waals surface area (Å²) in [5.74, 6) is -0.794. The maximum absolute atomic E-state index is 13.4. The number of hydrogen-bond donors (Lipinski definition) is 1. The number of thiazole rings is 2. The van der Waals surface area contributed by atoms with Crippen LogP contribution in [-0.2, 0) is 38.4 Å². The van der Waals surface area contributed by atoms with E-state index in [1.807, 2.05) is 49.4 Å². The molecule has 0 radical (unpaired) electrons. The molecule has 3 heterocycles. The summed E-state index contributed by atoms with van der Waals surface area (Å²) in [6.07, 6.45) is 1.44. The molecule has 0 aliphatic carbocycles. The van der Waals surface area contributed by atoms with Crippen molar-refractivity contribution in [3.8, 4) is 0 Å². The van der Waals surface area contributed by atoms with Crippen LogP contribution >= 0.6 is 22.7 Å². The molecule has 2 aromatic heterocycles. The number of nitrogens with zero attached hydrogens (tertiary/aromatic N) is 3. The van der Waals surface area contributed by atoms with Crippen LogP contribution in [0.1, 0.15) is 48.8 Å². The van der Waals surface area contributed by atoms with Crippen LogP contribution in [0.5, 0.6) is 0 Å². The summed E-state index contributed by atoms with van der Waals surface area (Å²) in [5, 5.41) is 4.13. The first-order chi connectivity index (χ1) is 21.7. The van der Waals surface area contributed by atoms with Crippen molar-refractivity contribution in [2.24, 2.45) is 0 Å². The largest absolute Gasteiger partial charge is 0.464 e. The molecule has 0 atom stereocenters. The number of esters is 1. The fraction of sp³-hybridized carbons (Fsp3) is 0.250. The van der Waals surface area contributed by atoms with Crippen LogP contribution in [-0.4, -0.2) is 50.5 Å². The Labute approximate surface area is 268 Å². The molecule has 10 nitrogen and oxygen atoms in total. The number of benzene rings is 3. The maximum atomic E-state index is 13.4. The topological polar surface area (TPSA) is 128 Å². The molecule has 3 aromatic carbocycles. The fourth-order valence-corrected chi connectivity index (χ4v) is 8.04. The Hall–Kier alpha value is -4.17. The number of anilines is 2. The first-order valence-electron chi connectivity index (χ1n) is 14.3. The van der Waals surface area contributed by atoms with Crippen LogP contribution < -0.4 is 10.2 Å². The van der Waals surface area contributed by atoms with E-state index < -0.39 is 16.1 Å². The predicted octanol–water partition coefficient (Wildman–Crippen LogP) is 6.00. The van der Waals surface area contributed by atoms with Gasteiger partial charge in [-0.1, -0.05) is 53.3 Å². The van der Waals surface area contributed by atoms with Gasteiger partial charge in [0.1, 0.15) is 0 Å². The summed E-state index contributed by atoms with van der Waals surface area (Å²) in [6, 6.07) is 19.9. The number of aromatic nitrogens is 2. The molecule has 0 bridgehead atoms. The van der Waals surface area contributed by atoms with Crippen molar-refractivity contribution in [2.45, 2.75) is 37.6 Å². The van der Waals surface area contributed by atoms with Crippen molar-refractivity contribution in [3.05, 3.63) is 99.6 Å². The molecular formula is C32H30N4O6S3. The van der Waals surface area contributed by atoms with Crippen LogP contribution in [0.25, 0.3) is 10.2 Å². The number of methoxy groups -OCH3 is 1. The molecule has 6 rings (SSSR count). The van der Waals surface area contributed by atoms with Gasteiger partial charge in [-0.2, -0.15) is 8.42 Å². The third-order valence-corrected chi connectivity index (χ3v) is 10.9. The monoisotopic (exact) mass is 662 g/mol. The molecule has 0 unspecified atom stereocenters. The Balaban J connectivity index is 1.16. The molecule has 1 N–H and O–H groups in total.